The van der Waals surface area contributed by atoms with Crippen molar-refractivity contribution in [2.45, 2.75) is 252 Å². The zero-order valence-electron chi connectivity index (χ0n) is 55.7. The van der Waals surface area contributed by atoms with E-state index in [9.17, 15) is 85.3 Å². The standard InChI is InChI=1S/C63H99N5O30/c1-8-9-10-11-12-13-14-15-16-20-87-34-19-17-18-33(21-34)58(85)68-41-48(80)47(79)36(22-69)91-59(41)95-53-37(23-70)92-60(42(49(53)81)65-30(4)74)96-54-38(24-71)93-61(43(50(54)82)66-31(5)75)97-55-39(25-72)94-62(44(51(55)83)67-32(6)76)98-56-40(88-26-35(46(56)78)64-29(3)73)27-89-63-57(86-7)52(84)45(77)28(2)90-63/h13-14,17-19,21,28,35-42,44-49,51-57,59-63,69-72,77-84H,8-12,15-16,20,22-27H2,1-7H3,(H,64,73)(H,65,74)(H,66,75)(H,67,76)(H,68,85)/b14-13-/t28?,35-,36?,37?,38?,39?,40?,41?,42?,44?,45?,46-,47-,48?,49?,51?,52?,53-,54?,55-,56?,57?,59?,60?,61+,62+,63-/m1/s1. The molecule has 556 valence electrons. The molecule has 0 aliphatic carbocycles. The SMILES string of the molecule is CCCCCC/C=C\CCCOc1cccc(C(=O)NC2C(O[C@@H]3C(CO)OC(OC4C(O)=C(NC(C)=O)[C@H](O[C@@H]5C(CO)O[C@@H](OC6C(CO[C@@H]7OC(C)C(O)C(O)C7OC)OC[C@@H](NC(C)=O)[C@H]6O)C(NC(C)=O)C5O)OC4CO)C(NC(C)=O)C3O)OC(CO)[C@@H](O)C2O)c1. The Morgan fingerprint density at radius 3 is 1.69 bits per heavy atom. The molecule has 5 saturated heterocycles. The van der Waals surface area contributed by atoms with Crippen LogP contribution in [0.4, 0.5) is 0 Å². The van der Waals surface area contributed by atoms with E-state index in [2.05, 4.69) is 45.7 Å². The van der Waals surface area contributed by atoms with Crippen molar-refractivity contribution in [2.24, 2.45) is 0 Å². The van der Waals surface area contributed by atoms with Crippen LogP contribution in [0.15, 0.2) is 47.9 Å². The van der Waals surface area contributed by atoms with Gasteiger partial charge in [0.05, 0.1) is 58.4 Å². The van der Waals surface area contributed by atoms with Gasteiger partial charge in [-0.3, -0.25) is 24.0 Å². The minimum Gasteiger partial charge on any atom is -0.507 e. The number of hydrogen-bond acceptors (Lipinski definition) is 30. The van der Waals surface area contributed by atoms with Crippen LogP contribution in [0.3, 0.4) is 0 Å². The quantitative estimate of drug-likeness (QED) is 0.0237. The van der Waals surface area contributed by atoms with E-state index in [1.165, 1.54) is 45.9 Å². The van der Waals surface area contributed by atoms with E-state index in [4.69, 9.17) is 61.6 Å². The smallest absolute Gasteiger partial charge is 0.251 e. The highest BCUT2D eigenvalue weighted by Gasteiger charge is 2.56. The van der Waals surface area contributed by atoms with Crippen LogP contribution in [0.5, 0.6) is 5.75 Å². The summed E-state index contributed by atoms with van der Waals surface area (Å²) in [6.07, 6.45) is -27.1. The Bertz CT molecular complexity index is 2780. The maximum Gasteiger partial charge on any atom is 0.251 e. The highest BCUT2D eigenvalue weighted by Crippen LogP contribution is 2.37. The monoisotopic (exact) mass is 1410 g/mol. The number of rotatable bonds is 32. The molecule has 6 heterocycles. The second-order valence-corrected chi connectivity index (χ2v) is 24.9. The Balaban J connectivity index is 1.09. The van der Waals surface area contributed by atoms with Gasteiger partial charge >= 0.3 is 0 Å². The number of methoxy groups -OCH3 is 1. The number of carbonyl (C=O) groups is 5. The van der Waals surface area contributed by atoms with E-state index in [0.717, 1.165) is 46.5 Å². The predicted octanol–water partition coefficient (Wildman–Crippen LogP) is -5.00. The summed E-state index contributed by atoms with van der Waals surface area (Å²) in [6.45, 7) is 3.55. The number of carbonyl (C=O) groups excluding carboxylic acids is 5. The largest absolute Gasteiger partial charge is 0.507 e. The van der Waals surface area contributed by atoms with Crippen LogP contribution in [0.2, 0.25) is 0 Å². The van der Waals surface area contributed by atoms with Gasteiger partial charge in [-0.05, 0) is 50.8 Å². The highest BCUT2D eigenvalue weighted by molar-refractivity contribution is 5.94. The Morgan fingerprint density at radius 2 is 1.12 bits per heavy atom. The van der Waals surface area contributed by atoms with Crippen LogP contribution < -0.4 is 31.3 Å². The normalized spacial score (nSPS) is 37.6. The molecule has 19 unspecified atom stereocenters. The van der Waals surface area contributed by atoms with Crippen LogP contribution in [-0.2, 0) is 76.0 Å². The van der Waals surface area contributed by atoms with E-state index in [-0.39, 0.29) is 12.2 Å². The molecule has 7 rings (SSSR count). The van der Waals surface area contributed by atoms with Crippen LogP contribution in [-0.4, -0.2) is 310 Å². The molecule has 1 aromatic rings. The van der Waals surface area contributed by atoms with Gasteiger partial charge in [-0.25, -0.2) is 0 Å². The van der Waals surface area contributed by atoms with Crippen molar-refractivity contribution < 1.29 is 147 Å². The van der Waals surface area contributed by atoms with Gasteiger partial charge in [-0.2, -0.15) is 0 Å². The maximum absolute atomic E-state index is 13.9. The molecule has 35 heteroatoms. The average molecular weight is 1410 g/mol. The lowest BCUT2D eigenvalue weighted by Gasteiger charge is -2.49. The molecule has 6 aliphatic rings. The number of hydrogen-bond donors (Lipinski definition) is 17. The molecule has 0 radical (unpaired) electrons. The number of unbranched alkanes of at least 4 members (excludes halogenated alkanes) is 5. The summed E-state index contributed by atoms with van der Waals surface area (Å²) in [4.78, 5) is 65.0. The molecule has 0 saturated carbocycles. The molecule has 0 bridgehead atoms. The van der Waals surface area contributed by atoms with E-state index < -0.39 is 240 Å². The van der Waals surface area contributed by atoms with Crippen LogP contribution in [0, 0.1) is 0 Å². The predicted molar refractivity (Wildman–Crippen MR) is 332 cm³/mol. The lowest BCUT2D eigenvalue weighted by Crippen LogP contribution is -2.70. The summed E-state index contributed by atoms with van der Waals surface area (Å²) >= 11 is 0. The first-order chi connectivity index (χ1) is 46.8. The Kier molecular flexibility index (Phi) is 31.1. The summed E-state index contributed by atoms with van der Waals surface area (Å²) in [5, 5.41) is 147. The van der Waals surface area contributed by atoms with E-state index in [1.807, 2.05) is 0 Å². The van der Waals surface area contributed by atoms with Crippen LogP contribution >= 0.6 is 0 Å². The third-order valence-electron chi connectivity index (χ3n) is 17.4. The van der Waals surface area contributed by atoms with Gasteiger partial charge in [0, 0.05) is 40.4 Å². The lowest BCUT2D eigenvalue weighted by atomic mass is 9.94. The molecule has 5 amide bonds. The first kappa shape index (κ1) is 80.0. The molecule has 27 atom stereocenters. The number of nitrogens with one attached hydrogen (secondary N) is 5. The minimum absolute atomic E-state index is 0.0506. The summed E-state index contributed by atoms with van der Waals surface area (Å²) in [5.74, 6) is -4.48. The summed E-state index contributed by atoms with van der Waals surface area (Å²) in [5.41, 5.74) is -0.608. The van der Waals surface area contributed by atoms with Crippen molar-refractivity contribution in [2.75, 3.05) is 53.4 Å². The number of aliphatic hydroxyl groups is 12. The van der Waals surface area contributed by atoms with Crippen molar-refractivity contribution in [3.05, 3.63) is 53.4 Å². The van der Waals surface area contributed by atoms with Gasteiger partial charge < -0.3 is 149 Å². The third-order valence-corrected chi connectivity index (χ3v) is 17.4. The third kappa shape index (κ3) is 20.5. The van der Waals surface area contributed by atoms with Gasteiger partial charge in [-0.1, -0.05) is 44.4 Å². The maximum atomic E-state index is 13.9. The summed E-state index contributed by atoms with van der Waals surface area (Å²) < 4.78 is 78.2. The van der Waals surface area contributed by atoms with E-state index in [1.54, 1.807) is 12.1 Å². The van der Waals surface area contributed by atoms with Gasteiger partial charge in [0.25, 0.3) is 5.91 Å². The van der Waals surface area contributed by atoms with Crippen molar-refractivity contribution >= 4 is 29.5 Å². The minimum atomic E-state index is -2.05. The Morgan fingerprint density at radius 1 is 0.561 bits per heavy atom. The number of benzene rings is 1. The Hall–Kier alpha value is -5.27. The fourth-order valence-electron chi connectivity index (χ4n) is 12.3. The zero-order valence-corrected chi connectivity index (χ0v) is 55.7. The molecule has 0 spiro atoms. The van der Waals surface area contributed by atoms with Crippen molar-refractivity contribution in [1.29, 1.82) is 0 Å². The molecule has 1 aromatic carbocycles. The first-order valence-electron chi connectivity index (χ1n) is 32.8. The molecule has 17 N–H and O–H groups in total. The first-order valence-corrected chi connectivity index (χ1v) is 32.8. The van der Waals surface area contributed by atoms with Gasteiger partial charge in [0.2, 0.25) is 29.9 Å². The lowest BCUT2D eigenvalue weighted by molar-refractivity contribution is -0.346. The van der Waals surface area contributed by atoms with Crippen molar-refractivity contribution in [1.82, 2.24) is 26.6 Å². The molecular formula is C63H99N5O30. The number of amides is 5. The average Bonchev–Trinajstić information content (AvgIpc) is 0.771. The van der Waals surface area contributed by atoms with Gasteiger partial charge in [0.1, 0.15) is 139 Å². The topological polar surface area (TPSA) is 508 Å². The number of ether oxygens (including phenoxy) is 13. The fraction of sp³-hybridized carbons (Fsp3) is 0.762. The van der Waals surface area contributed by atoms with Crippen molar-refractivity contribution in [3.8, 4) is 5.75 Å². The molecule has 6 aliphatic heterocycles. The second kappa shape index (κ2) is 38.1. The fourth-order valence-corrected chi connectivity index (χ4v) is 12.3. The number of allylic oxidation sites excluding steroid dienone is 2. The molecule has 98 heavy (non-hydrogen) atoms. The summed E-state index contributed by atoms with van der Waals surface area (Å²) in [7, 11) is 1.25. The van der Waals surface area contributed by atoms with Gasteiger partial charge in [0.15, 0.2) is 25.2 Å². The Labute approximate surface area is 565 Å². The highest BCUT2D eigenvalue weighted by atomic mass is 16.8. The zero-order chi connectivity index (χ0) is 71.7. The second-order valence-electron chi connectivity index (χ2n) is 24.9. The van der Waals surface area contributed by atoms with E-state index >= 15 is 0 Å². The van der Waals surface area contributed by atoms with Crippen molar-refractivity contribution in [3.63, 3.8) is 0 Å². The molecular weight excluding hydrogens is 1310 g/mol. The molecule has 35 nitrogen and oxygen atoms in total. The van der Waals surface area contributed by atoms with Crippen LogP contribution in [0.25, 0.3) is 0 Å². The summed E-state index contributed by atoms with van der Waals surface area (Å²) in [6, 6.07) is -0.140. The number of aliphatic hydroxyl groups excluding tert-OH is 12. The van der Waals surface area contributed by atoms with E-state index in [0.29, 0.717) is 18.8 Å². The molecule has 0 aromatic heterocycles. The molecule has 5 fully saturated rings. The van der Waals surface area contributed by atoms with Gasteiger partial charge in [-0.15, -0.1) is 0 Å². The van der Waals surface area contributed by atoms with Crippen LogP contribution in [0.1, 0.15) is 96.8 Å².